The largest absolute Gasteiger partial charge is 0.573 e. The Hall–Kier alpha value is -2.96. The summed E-state index contributed by atoms with van der Waals surface area (Å²) in [5.74, 6) is -1.22. The van der Waals surface area contributed by atoms with E-state index in [1.165, 1.54) is 12.1 Å². The third-order valence-electron chi connectivity index (χ3n) is 4.62. The van der Waals surface area contributed by atoms with Gasteiger partial charge in [0.1, 0.15) is 5.75 Å². The maximum Gasteiger partial charge on any atom is 0.573 e. The summed E-state index contributed by atoms with van der Waals surface area (Å²) < 4.78 is 42.9. The van der Waals surface area contributed by atoms with E-state index in [2.05, 4.69) is 9.30 Å². The minimum atomic E-state index is -4.71. The predicted molar refractivity (Wildman–Crippen MR) is 93.1 cm³/mol. The number of benzene rings is 2. The molecular formula is C20H16F3NO3. The highest BCUT2D eigenvalue weighted by Crippen LogP contribution is 2.40. The van der Waals surface area contributed by atoms with Gasteiger partial charge in [-0.05, 0) is 54.8 Å². The van der Waals surface area contributed by atoms with Crippen LogP contribution in [0.5, 0.6) is 5.75 Å². The van der Waals surface area contributed by atoms with Crippen LogP contribution in [0, 0.1) is 0 Å². The van der Waals surface area contributed by atoms with Crippen LogP contribution in [0.3, 0.4) is 0 Å². The molecule has 0 spiro atoms. The monoisotopic (exact) mass is 375 g/mol. The highest BCUT2D eigenvalue weighted by molar-refractivity contribution is 5.94. The molecule has 1 aliphatic rings. The molecule has 1 heterocycles. The first kappa shape index (κ1) is 17.5. The number of carboxylic acids is 1. The lowest BCUT2D eigenvalue weighted by Crippen LogP contribution is -2.17. The van der Waals surface area contributed by atoms with Gasteiger partial charge in [-0.25, -0.2) is 4.79 Å². The van der Waals surface area contributed by atoms with Crippen molar-refractivity contribution < 1.29 is 27.8 Å². The summed E-state index contributed by atoms with van der Waals surface area (Å²) in [6.07, 6.45) is -2.03. The highest BCUT2D eigenvalue weighted by Gasteiger charge is 2.31. The second-order valence-electron chi connectivity index (χ2n) is 6.68. The minimum Gasteiger partial charge on any atom is -0.478 e. The summed E-state index contributed by atoms with van der Waals surface area (Å²) in [5.41, 5.74) is 3.08. The Morgan fingerprint density at radius 1 is 1.11 bits per heavy atom. The van der Waals surface area contributed by atoms with Crippen molar-refractivity contribution in [3.8, 4) is 5.75 Å². The SMILES string of the molecule is O=C(O)c1ccc2c(c1)cc(Cc1ccc(OC(F)(F)F)cc1)n2C1CC1. The molecule has 1 N–H and O–H groups in total. The van der Waals surface area contributed by atoms with Crippen LogP contribution < -0.4 is 4.74 Å². The highest BCUT2D eigenvalue weighted by atomic mass is 19.4. The van der Waals surface area contributed by atoms with E-state index in [1.54, 1.807) is 24.3 Å². The Labute approximate surface area is 152 Å². The van der Waals surface area contributed by atoms with Crippen LogP contribution in [0.2, 0.25) is 0 Å². The van der Waals surface area contributed by atoms with Gasteiger partial charge in [0, 0.05) is 29.1 Å². The quantitative estimate of drug-likeness (QED) is 0.670. The molecule has 0 saturated heterocycles. The number of fused-ring (bicyclic) bond motifs is 1. The second-order valence-corrected chi connectivity index (χ2v) is 6.68. The van der Waals surface area contributed by atoms with Gasteiger partial charge < -0.3 is 14.4 Å². The Balaban J connectivity index is 1.65. The number of aromatic carboxylic acids is 1. The van der Waals surface area contributed by atoms with Crippen molar-refractivity contribution in [3.05, 3.63) is 65.4 Å². The number of nitrogens with zero attached hydrogens (tertiary/aromatic N) is 1. The Morgan fingerprint density at radius 3 is 2.41 bits per heavy atom. The summed E-state index contributed by atoms with van der Waals surface area (Å²) in [6.45, 7) is 0. The fraction of sp³-hybridized carbons (Fsp3) is 0.250. The van der Waals surface area contributed by atoms with E-state index in [0.717, 1.165) is 35.0 Å². The van der Waals surface area contributed by atoms with Gasteiger partial charge in [-0.15, -0.1) is 13.2 Å². The van der Waals surface area contributed by atoms with E-state index in [4.69, 9.17) is 0 Å². The van der Waals surface area contributed by atoms with Crippen LogP contribution in [0.4, 0.5) is 13.2 Å². The summed E-state index contributed by atoms with van der Waals surface area (Å²) >= 11 is 0. The number of aromatic nitrogens is 1. The molecule has 7 heteroatoms. The number of carboxylic acid groups (broad SMARTS) is 1. The van der Waals surface area contributed by atoms with Gasteiger partial charge in [-0.1, -0.05) is 12.1 Å². The van der Waals surface area contributed by atoms with Gasteiger partial charge in [0.25, 0.3) is 0 Å². The van der Waals surface area contributed by atoms with Crippen molar-refractivity contribution >= 4 is 16.9 Å². The molecule has 0 aliphatic heterocycles. The molecule has 140 valence electrons. The average molecular weight is 375 g/mol. The lowest BCUT2D eigenvalue weighted by atomic mass is 10.1. The van der Waals surface area contributed by atoms with Crippen LogP contribution in [-0.2, 0) is 6.42 Å². The van der Waals surface area contributed by atoms with Crippen molar-refractivity contribution in [2.75, 3.05) is 0 Å². The van der Waals surface area contributed by atoms with Crippen molar-refractivity contribution in [2.45, 2.75) is 31.7 Å². The maximum atomic E-state index is 12.3. The lowest BCUT2D eigenvalue weighted by Gasteiger charge is -2.11. The first-order chi connectivity index (χ1) is 12.8. The molecule has 0 amide bonds. The molecule has 1 saturated carbocycles. The van der Waals surface area contributed by atoms with Crippen LogP contribution in [0.25, 0.3) is 10.9 Å². The van der Waals surface area contributed by atoms with Gasteiger partial charge in [0.2, 0.25) is 0 Å². The van der Waals surface area contributed by atoms with Crippen molar-refractivity contribution in [1.82, 2.24) is 4.57 Å². The summed E-state index contributed by atoms with van der Waals surface area (Å²) in [5, 5.41) is 10.0. The number of hydrogen-bond acceptors (Lipinski definition) is 2. The Bertz CT molecular complexity index is 1000. The molecule has 0 atom stereocenters. The number of rotatable bonds is 5. The zero-order valence-corrected chi connectivity index (χ0v) is 14.2. The molecule has 1 fully saturated rings. The van der Waals surface area contributed by atoms with E-state index in [1.807, 2.05) is 12.1 Å². The van der Waals surface area contributed by atoms with Gasteiger partial charge in [0.15, 0.2) is 0 Å². The topological polar surface area (TPSA) is 51.5 Å². The zero-order chi connectivity index (χ0) is 19.2. The smallest absolute Gasteiger partial charge is 0.478 e. The minimum absolute atomic E-state index is 0.232. The molecule has 0 unspecified atom stereocenters. The number of alkyl halides is 3. The third-order valence-corrected chi connectivity index (χ3v) is 4.62. The number of halogens is 3. The van der Waals surface area contributed by atoms with Crippen LogP contribution in [0.15, 0.2) is 48.5 Å². The predicted octanol–water partition coefficient (Wildman–Crippen LogP) is 5.16. The van der Waals surface area contributed by atoms with Gasteiger partial charge >= 0.3 is 12.3 Å². The molecule has 1 aromatic heterocycles. The summed E-state index contributed by atoms with van der Waals surface area (Å²) in [6, 6.07) is 13.2. The molecule has 4 nitrogen and oxygen atoms in total. The molecule has 4 rings (SSSR count). The third kappa shape index (κ3) is 3.77. The molecule has 3 aromatic rings. The van der Waals surface area contributed by atoms with E-state index >= 15 is 0 Å². The van der Waals surface area contributed by atoms with Crippen molar-refractivity contribution in [2.24, 2.45) is 0 Å². The Kier molecular flexibility index (Phi) is 4.09. The lowest BCUT2D eigenvalue weighted by molar-refractivity contribution is -0.274. The van der Waals surface area contributed by atoms with Crippen LogP contribution >= 0.6 is 0 Å². The van der Waals surface area contributed by atoms with Gasteiger partial charge in [-0.2, -0.15) is 0 Å². The molecule has 2 aromatic carbocycles. The Morgan fingerprint density at radius 2 is 1.81 bits per heavy atom. The fourth-order valence-electron chi connectivity index (χ4n) is 3.34. The second kappa shape index (κ2) is 6.33. The fourth-order valence-corrected chi connectivity index (χ4v) is 3.34. The number of ether oxygens (including phenoxy) is 1. The first-order valence-electron chi connectivity index (χ1n) is 8.52. The van der Waals surface area contributed by atoms with Gasteiger partial charge in [0.05, 0.1) is 5.56 Å². The van der Waals surface area contributed by atoms with E-state index in [9.17, 15) is 23.1 Å². The molecule has 0 bridgehead atoms. The average Bonchev–Trinajstić information content (AvgIpc) is 3.36. The molecular weight excluding hydrogens is 359 g/mol. The van der Waals surface area contributed by atoms with E-state index in [-0.39, 0.29) is 11.3 Å². The van der Waals surface area contributed by atoms with Crippen LogP contribution in [0.1, 0.15) is 40.5 Å². The number of carbonyl (C=O) groups is 1. The van der Waals surface area contributed by atoms with E-state index < -0.39 is 12.3 Å². The summed E-state index contributed by atoms with van der Waals surface area (Å²) in [7, 11) is 0. The van der Waals surface area contributed by atoms with E-state index in [0.29, 0.717) is 12.5 Å². The normalized spacial score (nSPS) is 14.5. The summed E-state index contributed by atoms with van der Waals surface area (Å²) in [4.78, 5) is 11.2. The number of hydrogen-bond donors (Lipinski definition) is 1. The van der Waals surface area contributed by atoms with Crippen molar-refractivity contribution in [3.63, 3.8) is 0 Å². The standard InChI is InChI=1S/C20H16F3NO3/c21-20(22,23)27-17-6-1-12(2-7-17)9-16-11-14-10-13(19(25)26)3-8-18(14)24(16)15-4-5-15/h1-3,6-8,10-11,15H,4-5,9H2,(H,25,26). The maximum absolute atomic E-state index is 12.3. The first-order valence-corrected chi connectivity index (χ1v) is 8.52. The zero-order valence-electron chi connectivity index (χ0n) is 14.2. The molecule has 0 radical (unpaired) electrons. The molecule has 1 aliphatic carbocycles. The van der Waals surface area contributed by atoms with Crippen molar-refractivity contribution in [1.29, 1.82) is 0 Å². The van der Waals surface area contributed by atoms with Crippen LogP contribution in [-0.4, -0.2) is 22.0 Å². The molecule has 27 heavy (non-hydrogen) atoms. The van der Waals surface area contributed by atoms with Gasteiger partial charge in [-0.3, -0.25) is 0 Å².